The molecule has 162 valence electrons. The van der Waals surface area contributed by atoms with Crippen LogP contribution >= 0.6 is 0 Å². The van der Waals surface area contributed by atoms with Crippen molar-refractivity contribution >= 4 is 5.91 Å². The molecule has 1 aromatic carbocycles. The maximum absolute atomic E-state index is 13.2. The highest BCUT2D eigenvalue weighted by Crippen LogP contribution is 2.26. The van der Waals surface area contributed by atoms with E-state index in [1.54, 1.807) is 7.11 Å². The summed E-state index contributed by atoms with van der Waals surface area (Å²) in [7, 11) is 3.67. The second-order valence-electron chi connectivity index (χ2n) is 8.60. The summed E-state index contributed by atoms with van der Waals surface area (Å²) in [6.45, 7) is 2.67. The number of hydrogen-bond acceptors (Lipinski definition) is 4. The van der Waals surface area contributed by atoms with Crippen molar-refractivity contribution in [1.29, 1.82) is 0 Å². The fraction of sp³-hybridized carbons (Fsp3) is 0.583. The summed E-state index contributed by atoms with van der Waals surface area (Å²) in [5.74, 6) is 1.03. The zero-order chi connectivity index (χ0) is 20.9. The van der Waals surface area contributed by atoms with Crippen LogP contribution < -0.4 is 10.1 Å². The van der Waals surface area contributed by atoms with Crippen molar-refractivity contribution < 1.29 is 9.53 Å². The quantitative estimate of drug-likeness (QED) is 0.795. The van der Waals surface area contributed by atoms with Crippen molar-refractivity contribution in [1.82, 2.24) is 20.0 Å². The van der Waals surface area contributed by atoms with E-state index >= 15 is 0 Å². The monoisotopic (exact) mass is 410 g/mol. The molecule has 2 aliphatic rings. The second kappa shape index (κ2) is 9.65. The summed E-state index contributed by atoms with van der Waals surface area (Å²) in [4.78, 5) is 15.2. The van der Waals surface area contributed by atoms with Gasteiger partial charge in [-0.25, -0.2) is 0 Å². The number of carbonyl (C=O) groups is 1. The zero-order valence-electron chi connectivity index (χ0n) is 18.3. The predicted octanol–water partition coefficient (Wildman–Crippen LogP) is 3.13. The van der Waals surface area contributed by atoms with Crippen LogP contribution in [-0.4, -0.2) is 53.4 Å². The number of nitrogens with zero attached hydrogens (tertiary/aromatic N) is 3. The molecular weight excluding hydrogens is 376 g/mol. The molecule has 4 rings (SSSR count). The van der Waals surface area contributed by atoms with Crippen LogP contribution in [0, 0.1) is 0 Å². The number of likely N-dealkylation sites (tertiary alicyclic amines) is 1. The zero-order valence-corrected chi connectivity index (χ0v) is 18.3. The average Bonchev–Trinajstić information content (AvgIpc) is 2.94. The lowest BCUT2D eigenvalue weighted by atomic mass is 9.91. The first-order valence-corrected chi connectivity index (χ1v) is 11.4. The number of fused-ring (bicyclic) bond motifs is 1. The minimum Gasteiger partial charge on any atom is -0.497 e. The van der Waals surface area contributed by atoms with Gasteiger partial charge in [0, 0.05) is 37.4 Å². The van der Waals surface area contributed by atoms with E-state index in [1.807, 2.05) is 28.8 Å². The lowest BCUT2D eigenvalue weighted by Gasteiger charge is -2.25. The third kappa shape index (κ3) is 4.69. The molecule has 1 N–H and O–H groups in total. The summed E-state index contributed by atoms with van der Waals surface area (Å²) in [6.07, 6.45) is 8.61. The number of aromatic nitrogens is 2. The molecule has 1 saturated heterocycles. The van der Waals surface area contributed by atoms with Gasteiger partial charge in [0.15, 0.2) is 5.69 Å². The highest BCUT2D eigenvalue weighted by atomic mass is 16.5. The fourth-order valence-electron chi connectivity index (χ4n) is 4.77. The van der Waals surface area contributed by atoms with Crippen LogP contribution in [-0.2, 0) is 26.3 Å². The first kappa shape index (κ1) is 20.9. The van der Waals surface area contributed by atoms with E-state index < -0.39 is 0 Å². The molecule has 1 aliphatic carbocycles. The third-order valence-electron chi connectivity index (χ3n) is 6.56. The fourth-order valence-corrected chi connectivity index (χ4v) is 4.77. The third-order valence-corrected chi connectivity index (χ3v) is 6.56. The van der Waals surface area contributed by atoms with E-state index in [4.69, 9.17) is 4.74 Å². The SMILES string of the molecule is COc1ccc(CCNC2CCc3c(c(C(=O)N4CCCCCC4)nn3C)C2)cc1. The van der Waals surface area contributed by atoms with Gasteiger partial charge in [-0.3, -0.25) is 9.48 Å². The minimum atomic E-state index is 0.132. The molecule has 6 heteroatoms. The van der Waals surface area contributed by atoms with Gasteiger partial charge in [0.2, 0.25) is 0 Å². The lowest BCUT2D eigenvalue weighted by molar-refractivity contribution is 0.0753. The van der Waals surface area contributed by atoms with Crippen molar-refractivity contribution in [2.45, 2.75) is 57.4 Å². The first-order chi connectivity index (χ1) is 14.7. The number of amides is 1. The highest BCUT2D eigenvalue weighted by Gasteiger charge is 2.30. The number of carbonyl (C=O) groups excluding carboxylic acids is 1. The number of benzene rings is 1. The number of aryl methyl sites for hydroxylation is 1. The minimum absolute atomic E-state index is 0.132. The van der Waals surface area contributed by atoms with Crippen molar-refractivity contribution in [3.63, 3.8) is 0 Å². The lowest BCUT2D eigenvalue weighted by Crippen LogP contribution is -2.37. The van der Waals surface area contributed by atoms with Gasteiger partial charge < -0.3 is 15.0 Å². The van der Waals surface area contributed by atoms with Crippen molar-refractivity contribution in [2.24, 2.45) is 7.05 Å². The Morgan fingerprint density at radius 1 is 1.17 bits per heavy atom. The molecule has 0 saturated carbocycles. The molecule has 1 fully saturated rings. The van der Waals surface area contributed by atoms with Gasteiger partial charge in [-0.1, -0.05) is 25.0 Å². The Morgan fingerprint density at radius 2 is 1.90 bits per heavy atom. The Balaban J connectivity index is 1.38. The van der Waals surface area contributed by atoms with Crippen LogP contribution in [0.25, 0.3) is 0 Å². The molecule has 2 heterocycles. The Hall–Kier alpha value is -2.34. The summed E-state index contributed by atoms with van der Waals surface area (Å²) in [5, 5.41) is 8.37. The molecule has 1 amide bonds. The maximum atomic E-state index is 13.2. The molecule has 0 radical (unpaired) electrons. The second-order valence-corrected chi connectivity index (χ2v) is 8.60. The smallest absolute Gasteiger partial charge is 0.274 e. The standard InChI is InChI=1S/C24H34N4O2/c1-27-22-12-9-19(25-14-13-18-7-10-20(30-2)11-8-18)17-21(22)23(26-27)24(29)28-15-5-3-4-6-16-28/h7-8,10-11,19,25H,3-6,9,12-17H2,1-2H3. The first-order valence-electron chi connectivity index (χ1n) is 11.4. The number of nitrogens with one attached hydrogen (secondary N) is 1. The predicted molar refractivity (Wildman–Crippen MR) is 118 cm³/mol. The van der Waals surface area contributed by atoms with Gasteiger partial charge in [0.25, 0.3) is 5.91 Å². The van der Waals surface area contributed by atoms with Gasteiger partial charge in [0.1, 0.15) is 5.75 Å². The molecule has 2 aromatic rings. The normalized spacial score (nSPS) is 19.3. The van der Waals surface area contributed by atoms with Crippen molar-refractivity contribution in [3.8, 4) is 5.75 Å². The molecular formula is C24H34N4O2. The summed E-state index contributed by atoms with van der Waals surface area (Å²) in [6, 6.07) is 8.67. The molecule has 0 spiro atoms. The molecule has 1 aromatic heterocycles. The Morgan fingerprint density at radius 3 is 2.60 bits per heavy atom. The topological polar surface area (TPSA) is 59.4 Å². The Kier molecular flexibility index (Phi) is 6.72. The van der Waals surface area contributed by atoms with Crippen LogP contribution in [0.5, 0.6) is 5.75 Å². The van der Waals surface area contributed by atoms with E-state index in [0.717, 1.165) is 63.9 Å². The van der Waals surface area contributed by atoms with E-state index in [1.165, 1.54) is 29.7 Å². The van der Waals surface area contributed by atoms with E-state index in [9.17, 15) is 4.79 Å². The van der Waals surface area contributed by atoms with Gasteiger partial charge in [-0.05, 0) is 62.8 Å². The summed E-state index contributed by atoms with van der Waals surface area (Å²) >= 11 is 0. The average molecular weight is 411 g/mol. The van der Waals surface area contributed by atoms with Gasteiger partial charge in [-0.15, -0.1) is 0 Å². The number of rotatable bonds is 6. The van der Waals surface area contributed by atoms with Gasteiger partial charge in [-0.2, -0.15) is 5.10 Å². The maximum Gasteiger partial charge on any atom is 0.274 e. The molecule has 6 nitrogen and oxygen atoms in total. The number of hydrogen-bond donors (Lipinski definition) is 1. The molecule has 1 atom stereocenters. The number of methoxy groups -OCH3 is 1. The highest BCUT2D eigenvalue weighted by molar-refractivity contribution is 5.94. The van der Waals surface area contributed by atoms with E-state index in [0.29, 0.717) is 11.7 Å². The molecule has 1 aliphatic heterocycles. The van der Waals surface area contributed by atoms with Crippen LogP contribution in [0.4, 0.5) is 0 Å². The van der Waals surface area contributed by atoms with Gasteiger partial charge in [0.05, 0.1) is 7.11 Å². The van der Waals surface area contributed by atoms with E-state index in [2.05, 4.69) is 22.5 Å². The summed E-state index contributed by atoms with van der Waals surface area (Å²) in [5.41, 5.74) is 4.40. The Labute approximate surface area is 179 Å². The van der Waals surface area contributed by atoms with Crippen LogP contribution in [0.1, 0.15) is 59.4 Å². The van der Waals surface area contributed by atoms with E-state index in [-0.39, 0.29) is 5.91 Å². The van der Waals surface area contributed by atoms with Crippen LogP contribution in [0.3, 0.4) is 0 Å². The van der Waals surface area contributed by atoms with Crippen molar-refractivity contribution in [2.75, 3.05) is 26.7 Å². The van der Waals surface area contributed by atoms with Gasteiger partial charge >= 0.3 is 0 Å². The largest absolute Gasteiger partial charge is 0.497 e. The van der Waals surface area contributed by atoms with Crippen LogP contribution in [0.2, 0.25) is 0 Å². The molecule has 0 bridgehead atoms. The van der Waals surface area contributed by atoms with Crippen molar-refractivity contribution in [3.05, 3.63) is 46.8 Å². The summed E-state index contributed by atoms with van der Waals surface area (Å²) < 4.78 is 7.17. The molecule has 1 unspecified atom stereocenters. The molecule has 30 heavy (non-hydrogen) atoms. The van der Waals surface area contributed by atoms with Crippen LogP contribution in [0.15, 0.2) is 24.3 Å². The number of ether oxygens (including phenoxy) is 1. The Bertz CT molecular complexity index is 851.